The average Bonchev–Trinajstić information content (AvgIpc) is 3.52. The number of benzene rings is 2. The number of halogens is 1. The highest BCUT2D eigenvalue weighted by atomic mass is 19.1. The van der Waals surface area contributed by atoms with Crippen molar-refractivity contribution >= 4 is 22.4 Å². The van der Waals surface area contributed by atoms with Crippen LogP contribution in [0.15, 0.2) is 30.3 Å². The van der Waals surface area contributed by atoms with Crippen molar-refractivity contribution in [1.82, 2.24) is 9.88 Å². The molecule has 1 N–H and O–H groups in total. The smallest absolute Gasteiger partial charge is 0.195 e. The number of nitrogens with one attached hydrogen (secondary N) is 1. The van der Waals surface area contributed by atoms with Crippen LogP contribution in [0.4, 0.5) is 10.1 Å². The van der Waals surface area contributed by atoms with Gasteiger partial charge in [-0.25, -0.2) is 4.39 Å². The Morgan fingerprint density at radius 3 is 2.53 bits per heavy atom. The van der Waals surface area contributed by atoms with Gasteiger partial charge >= 0.3 is 0 Å². The van der Waals surface area contributed by atoms with E-state index in [1.807, 2.05) is 12.1 Å². The van der Waals surface area contributed by atoms with Crippen molar-refractivity contribution < 1.29 is 9.18 Å². The molecule has 0 atom stereocenters. The number of anilines is 1. The van der Waals surface area contributed by atoms with E-state index in [4.69, 9.17) is 0 Å². The lowest BCUT2D eigenvalue weighted by Gasteiger charge is -2.39. The van der Waals surface area contributed by atoms with Gasteiger partial charge in [0.25, 0.3) is 0 Å². The van der Waals surface area contributed by atoms with Crippen molar-refractivity contribution in [1.29, 1.82) is 5.26 Å². The summed E-state index contributed by atoms with van der Waals surface area (Å²) in [5.74, 6) is -0.678. The van der Waals surface area contributed by atoms with Crippen molar-refractivity contribution in [3.8, 4) is 6.07 Å². The van der Waals surface area contributed by atoms with E-state index in [0.717, 1.165) is 30.0 Å². The first-order valence-electron chi connectivity index (χ1n) is 12.3. The van der Waals surface area contributed by atoms with E-state index in [9.17, 15) is 14.4 Å². The summed E-state index contributed by atoms with van der Waals surface area (Å²) in [5, 5.41) is 9.78. The third-order valence-corrected chi connectivity index (χ3v) is 8.29. The second-order valence-corrected chi connectivity index (χ2v) is 10.5. The Morgan fingerprint density at radius 1 is 1.09 bits per heavy atom. The fourth-order valence-corrected chi connectivity index (χ4v) is 6.33. The Balaban J connectivity index is 1.36. The van der Waals surface area contributed by atoms with Gasteiger partial charge in [-0.1, -0.05) is 19.9 Å². The zero-order chi connectivity index (χ0) is 23.6. The first kappa shape index (κ1) is 21.4. The minimum atomic E-state index is -0.594. The van der Waals surface area contributed by atoms with Crippen LogP contribution in [0.2, 0.25) is 0 Å². The summed E-state index contributed by atoms with van der Waals surface area (Å²) in [6.45, 7) is 8.69. The molecule has 174 valence electrons. The molecule has 6 rings (SSSR count). The molecule has 3 heterocycles. The molecule has 0 unspecified atom stereocenters. The number of rotatable bonds is 2. The predicted octanol–water partition coefficient (Wildman–Crippen LogP) is 5.11. The summed E-state index contributed by atoms with van der Waals surface area (Å²) >= 11 is 0. The molecule has 0 amide bonds. The average molecular weight is 457 g/mol. The summed E-state index contributed by atoms with van der Waals surface area (Å²) in [6.07, 6.45) is 5.00. The van der Waals surface area contributed by atoms with Gasteiger partial charge in [-0.05, 0) is 68.6 Å². The van der Waals surface area contributed by atoms with Crippen LogP contribution in [0.1, 0.15) is 72.3 Å². The Hall–Kier alpha value is -3.17. The summed E-state index contributed by atoms with van der Waals surface area (Å²) in [7, 11) is 0. The van der Waals surface area contributed by atoms with Crippen molar-refractivity contribution in [2.45, 2.75) is 51.0 Å². The van der Waals surface area contributed by atoms with Crippen LogP contribution in [0, 0.1) is 17.1 Å². The number of hydrogen-bond donors (Lipinski definition) is 1. The number of aromatic amines is 1. The third kappa shape index (κ3) is 3.03. The van der Waals surface area contributed by atoms with E-state index in [2.05, 4.69) is 40.8 Å². The Kier molecular flexibility index (Phi) is 4.82. The van der Waals surface area contributed by atoms with Gasteiger partial charge < -0.3 is 14.8 Å². The number of H-pyrrole nitrogens is 1. The predicted molar refractivity (Wildman–Crippen MR) is 131 cm³/mol. The molecule has 1 aromatic heterocycles. The SMILES string of the molecule is CC1(C)c2cc(N3CCC(N4CCCC4)CC3)ccc2C(=O)c2c1[nH]c1c(F)c(C#N)ccc21. The van der Waals surface area contributed by atoms with Crippen LogP contribution < -0.4 is 4.90 Å². The van der Waals surface area contributed by atoms with E-state index in [1.165, 1.54) is 44.8 Å². The summed E-state index contributed by atoms with van der Waals surface area (Å²) in [5.41, 5.74) is 3.76. The molecule has 5 nitrogen and oxygen atoms in total. The van der Waals surface area contributed by atoms with Gasteiger partial charge in [-0.15, -0.1) is 0 Å². The van der Waals surface area contributed by atoms with Gasteiger partial charge in [-0.2, -0.15) is 5.26 Å². The maximum absolute atomic E-state index is 14.9. The van der Waals surface area contributed by atoms with E-state index in [0.29, 0.717) is 22.6 Å². The van der Waals surface area contributed by atoms with Crippen molar-refractivity contribution in [2.24, 2.45) is 0 Å². The largest absolute Gasteiger partial charge is 0.371 e. The Bertz CT molecular complexity index is 1350. The Morgan fingerprint density at radius 2 is 1.82 bits per heavy atom. The summed E-state index contributed by atoms with van der Waals surface area (Å²) in [4.78, 5) is 21.9. The van der Waals surface area contributed by atoms with Crippen LogP contribution >= 0.6 is 0 Å². The maximum Gasteiger partial charge on any atom is 0.195 e. The molecule has 34 heavy (non-hydrogen) atoms. The number of ketones is 1. The number of hydrogen-bond acceptors (Lipinski definition) is 4. The lowest BCUT2D eigenvalue weighted by atomic mass is 9.71. The van der Waals surface area contributed by atoms with Crippen LogP contribution in [0.25, 0.3) is 10.9 Å². The van der Waals surface area contributed by atoms with Gasteiger partial charge in [-0.3, -0.25) is 4.79 Å². The molecule has 2 fully saturated rings. The molecular formula is C28H29FN4O. The highest BCUT2D eigenvalue weighted by molar-refractivity contribution is 6.20. The quantitative estimate of drug-likeness (QED) is 0.582. The molecule has 6 heteroatoms. The van der Waals surface area contributed by atoms with E-state index in [1.54, 1.807) is 6.07 Å². The van der Waals surface area contributed by atoms with Gasteiger partial charge in [0.15, 0.2) is 11.6 Å². The monoisotopic (exact) mass is 456 g/mol. The fraction of sp³-hybridized carbons (Fsp3) is 0.429. The highest BCUT2D eigenvalue weighted by Gasteiger charge is 2.40. The summed E-state index contributed by atoms with van der Waals surface area (Å²) < 4.78 is 14.9. The first-order chi connectivity index (χ1) is 16.4. The molecule has 2 aromatic carbocycles. The number of nitrogens with zero attached hydrogens (tertiary/aromatic N) is 3. The van der Waals surface area contributed by atoms with Crippen molar-refractivity contribution in [3.63, 3.8) is 0 Å². The van der Waals surface area contributed by atoms with E-state index < -0.39 is 11.2 Å². The van der Waals surface area contributed by atoms with Crippen LogP contribution in [0.3, 0.4) is 0 Å². The molecule has 0 spiro atoms. The molecule has 3 aromatic rings. The minimum absolute atomic E-state index is 0.0199. The van der Waals surface area contributed by atoms with E-state index >= 15 is 0 Å². The number of carbonyl (C=O) groups is 1. The zero-order valence-electron chi connectivity index (χ0n) is 19.7. The van der Waals surface area contributed by atoms with E-state index in [-0.39, 0.29) is 16.9 Å². The van der Waals surface area contributed by atoms with Gasteiger partial charge in [0.05, 0.1) is 16.6 Å². The second kappa shape index (κ2) is 7.68. The lowest BCUT2D eigenvalue weighted by Crippen LogP contribution is -2.44. The standard InChI is InChI=1S/C28H29FN4O/c1-28(2)22-15-19(33-13-9-18(10-14-33)32-11-3-4-12-32)6-8-20(22)26(34)23-21-7-5-17(16-30)24(29)25(21)31-27(23)28/h5-8,15,18,31H,3-4,9-14H2,1-2H3. The number of likely N-dealkylation sites (tertiary alicyclic amines) is 1. The fourth-order valence-electron chi connectivity index (χ4n) is 6.33. The topological polar surface area (TPSA) is 63.1 Å². The molecule has 0 saturated carbocycles. The third-order valence-electron chi connectivity index (χ3n) is 8.29. The molecular weight excluding hydrogens is 427 g/mol. The van der Waals surface area contributed by atoms with Crippen LogP contribution in [-0.2, 0) is 5.41 Å². The number of carbonyl (C=O) groups excluding carboxylic acids is 1. The molecule has 0 bridgehead atoms. The molecule has 2 aliphatic heterocycles. The summed E-state index contributed by atoms with van der Waals surface area (Å²) in [6, 6.07) is 11.9. The minimum Gasteiger partial charge on any atom is -0.371 e. The molecule has 0 radical (unpaired) electrons. The van der Waals surface area contributed by atoms with Gasteiger partial charge in [0, 0.05) is 46.9 Å². The van der Waals surface area contributed by atoms with Gasteiger partial charge in [0.2, 0.25) is 0 Å². The normalized spacial score (nSPS) is 20.4. The molecule has 2 saturated heterocycles. The number of piperidine rings is 1. The van der Waals surface area contributed by atoms with Crippen LogP contribution in [-0.4, -0.2) is 47.9 Å². The first-order valence-corrected chi connectivity index (χ1v) is 12.3. The molecule has 3 aliphatic rings. The lowest BCUT2D eigenvalue weighted by molar-refractivity contribution is 0.103. The number of fused-ring (bicyclic) bond motifs is 4. The maximum atomic E-state index is 14.9. The number of nitriles is 1. The zero-order valence-corrected chi connectivity index (χ0v) is 19.7. The highest BCUT2D eigenvalue weighted by Crippen LogP contribution is 2.45. The van der Waals surface area contributed by atoms with Crippen molar-refractivity contribution in [2.75, 3.05) is 31.1 Å². The van der Waals surface area contributed by atoms with Crippen LogP contribution in [0.5, 0.6) is 0 Å². The second-order valence-electron chi connectivity index (χ2n) is 10.5. The molecule has 1 aliphatic carbocycles. The Labute approximate surface area is 199 Å². The van der Waals surface area contributed by atoms with Crippen molar-refractivity contribution in [3.05, 3.63) is 64.1 Å². The van der Waals surface area contributed by atoms with Gasteiger partial charge in [0.1, 0.15) is 6.07 Å². The number of aromatic nitrogens is 1.